The number of ether oxygens (including phenoxy) is 2. The number of carbonyl (C=O) groups is 2. The van der Waals surface area contributed by atoms with Crippen LogP contribution in [0, 0.1) is 0 Å². The molecule has 0 unspecified atom stereocenters. The van der Waals surface area contributed by atoms with E-state index in [1.807, 2.05) is 12.1 Å². The van der Waals surface area contributed by atoms with E-state index in [2.05, 4.69) is 166 Å². The number of anilines is 4. The number of hydrogen-bond donors (Lipinski definition) is 4. The van der Waals surface area contributed by atoms with Crippen molar-refractivity contribution in [2.75, 3.05) is 33.6 Å². The van der Waals surface area contributed by atoms with Crippen molar-refractivity contribution in [3.8, 4) is 11.5 Å². The summed E-state index contributed by atoms with van der Waals surface area (Å²) in [6, 6.07) is 37.5. The molecule has 4 N–H and O–H groups in total. The van der Waals surface area contributed by atoms with Crippen molar-refractivity contribution in [1.82, 2.24) is 0 Å². The first-order valence-electron chi connectivity index (χ1n) is 20.2. The molecule has 2 aliphatic heterocycles. The third kappa shape index (κ3) is 8.41. The van der Waals surface area contributed by atoms with Crippen molar-refractivity contribution >= 4 is 73.1 Å². The molecule has 0 bridgehead atoms. The van der Waals surface area contributed by atoms with E-state index in [4.69, 9.17) is 18.5 Å². The summed E-state index contributed by atoms with van der Waals surface area (Å²) in [5.41, 5.74) is 6.50. The van der Waals surface area contributed by atoms with Crippen LogP contribution in [0.3, 0.4) is 0 Å². The third-order valence-corrected chi connectivity index (χ3v) is 13.6. The molecule has 310 valence electrons. The predicted molar refractivity (Wildman–Crippen MR) is 246 cm³/mol. The van der Waals surface area contributed by atoms with Crippen LogP contribution in [-0.4, -0.2) is 25.2 Å². The lowest BCUT2D eigenvalue weighted by Crippen LogP contribution is -2.30. The highest BCUT2D eigenvalue weighted by Crippen LogP contribution is 2.52. The third-order valence-electron chi connectivity index (χ3n) is 11.1. The van der Waals surface area contributed by atoms with Crippen LogP contribution in [0.1, 0.15) is 84.1 Å². The average Bonchev–Trinajstić information content (AvgIpc) is 3.19. The lowest BCUT2D eigenvalue weighted by atomic mass is 9.70. The predicted octanol–water partition coefficient (Wildman–Crippen LogP) is 12.7. The fourth-order valence-electron chi connectivity index (χ4n) is 7.97. The van der Waals surface area contributed by atoms with Gasteiger partial charge in [0.05, 0.1) is 29.2 Å². The van der Waals surface area contributed by atoms with Crippen LogP contribution >= 0.6 is 16.9 Å². The van der Waals surface area contributed by atoms with E-state index in [1.165, 1.54) is 6.92 Å². The Hall–Kier alpha value is -5.56. The smallest absolute Gasteiger partial charge is 0.307 e. The van der Waals surface area contributed by atoms with E-state index in [-0.39, 0.29) is 30.5 Å². The summed E-state index contributed by atoms with van der Waals surface area (Å²) in [7, 11) is -2.64. The molecule has 2 heterocycles. The molecule has 60 heavy (non-hydrogen) atoms. The summed E-state index contributed by atoms with van der Waals surface area (Å²) in [4.78, 5) is 25.2. The molecule has 6 aromatic carbocycles. The van der Waals surface area contributed by atoms with Crippen molar-refractivity contribution in [3.05, 3.63) is 131 Å². The zero-order valence-corrected chi connectivity index (χ0v) is 37.1. The standard InChI is InChI=1S/C48H52N4O6P2/c1-30(53)55-25-26-56-43(54)29-48(8,33-21-23-41(35(27-33)46(2,3)4)57-59-49-37-17-9-13-31-14-10-18-38(50-59)44(31)37)34-22-24-42(36(28-34)47(5,6)7)58-60-51-39-19-11-15-32-16-12-20-40(52-60)45(32)39/h9-24,27-28,49-52H,25-26,29H2,1-8H3. The van der Waals surface area contributed by atoms with Gasteiger partial charge in [0.2, 0.25) is 0 Å². The maximum absolute atomic E-state index is 13.8. The molecule has 0 amide bonds. The highest BCUT2D eigenvalue weighted by molar-refractivity contribution is 7.56. The van der Waals surface area contributed by atoms with Gasteiger partial charge in [0, 0.05) is 34.2 Å². The van der Waals surface area contributed by atoms with Gasteiger partial charge >= 0.3 is 28.8 Å². The second kappa shape index (κ2) is 16.1. The second-order valence-corrected chi connectivity index (χ2v) is 20.1. The second-order valence-electron chi connectivity index (χ2n) is 17.6. The van der Waals surface area contributed by atoms with Crippen molar-refractivity contribution in [2.24, 2.45) is 0 Å². The number of hydrogen-bond acceptors (Lipinski definition) is 10. The summed E-state index contributed by atoms with van der Waals surface area (Å²) < 4.78 is 24.4. The molecular formula is C48H52N4O6P2. The van der Waals surface area contributed by atoms with Gasteiger partial charge in [-0.3, -0.25) is 9.59 Å². The number of carbonyl (C=O) groups excluding carboxylic acids is 2. The van der Waals surface area contributed by atoms with Crippen LogP contribution in [0.4, 0.5) is 22.7 Å². The quantitative estimate of drug-likeness (QED) is 0.0570. The van der Waals surface area contributed by atoms with Crippen molar-refractivity contribution in [3.63, 3.8) is 0 Å². The molecule has 0 spiro atoms. The van der Waals surface area contributed by atoms with E-state index < -0.39 is 34.3 Å². The van der Waals surface area contributed by atoms with Crippen LogP contribution in [-0.2, 0) is 35.3 Å². The Bertz CT molecular complexity index is 2380. The summed E-state index contributed by atoms with van der Waals surface area (Å²) in [6.45, 7) is 16.4. The molecule has 0 fully saturated rings. The Morgan fingerprint density at radius 3 is 1.28 bits per heavy atom. The van der Waals surface area contributed by atoms with Crippen LogP contribution < -0.4 is 29.4 Å². The SMILES string of the molecule is CC(=O)OCCOC(=O)CC(C)(c1ccc(OP2Nc3cccc4cccc(c34)N2)c(C(C)(C)C)c1)c1ccc(OP2Nc3cccc4cccc(c34)N2)c(C(C)(C)C)c1. The first kappa shape index (κ1) is 41.2. The molecule has 0 radical (unpaired) electrons. The molecule has 0 saturated carbocycles. The highest BCUT2D eigenvalue weighted by atomic mass is 31.2. The lowest BCUT2D eigenvalue weighted by Gasteiger charge is -2.35. The summed E-state index contributed by atoms with van der Waals surface area (Å²) >= 11 is 0. The lowest BCUT2D eigenvalue weighted by molar-refractivity contribution is -0.151. The first-order chi connectivity index (χ1) is 28.6. The van der Waals surface area contributed by atoms with E-state index in [1.54, 1.807) is 0 Å². The molecule has 8 rings (SSSR count). The summed E-state index contributed by atoms with van der Waals surface area (Å²) in [5.74, 6) is 0.675. The number of benzene rings is 6. The van der Waals surface area contributed by atoms with E-state index in [0.29, 0.717) is 0 Å². The van der Waals surface area contributed by atoms with Crippen LogP contribution in [0.5, 0.6) is 11.5 Å². The number of nitrogens with one attached hydrogen (secondary N) is 4. The molecule has 6 aromatic rings. The van der Waals surface area contributed by atoms with E-state index in [0.717, 1.165) is 78.0 Å². The molecule has 0 aliphatic carbocycles. The van der Waals surface area contributed by atoms with Crippen molar-refractivity contribution < 1.29 is 28.1 Å². The van der Waals surface area contributed by atoms with Crippen molar-refractivity contribution in [2.45, 2.75) is 78.1 Å². The van der Waals surface area contributed by atoms with Gasteiger partial charge in [0.1, 0.15) is 24.7 Å². The van der Waals surface area contributed by atoms with Gasteiger partial charge in [-0.25, -0.2) is 0 Å². The Balaban J connectivity index is 1.14. The van der Waals surface area contributed by atoms with Crippen LogP contribution in [0.25, 0.3) is 21.5 Å². The molecule has 2 aliphatic rings. The van der Waals surface area contributed by atoms with Crippen LogP contribution in [0.2, 0.25) is 0 Å². The first-order valence-corrected chi connectivity index (χ1v) is 22.7. The Labute approximate surface area is 354 Å². The van der Waals surface area contributed by atoms with Gasteiger partial charge in [-0.1, -0.05) is 121 Å². The Morgan fingerprint density at radius 1 is 0.533 bits per heavy atom. The summed E-state index contributed by atoms with van der Waals surface area (Å²) in [5, 5.41) is 19.0. The molecule has 0 aromatic heterocycles. The van der Waals surface area contributed by atoms with Crippen LogP contribution in [0.15, 0.2) is 109 Å². The highest BCUT2D eigenvalue weighted by Gasteiger charge is 2.37. The van der Waals surface area contributed by atoms with E-state index >= 15 is 0 Å². The van der Waals surface area contributed by atoms with Gasteiger partial charge in [-0.15, -0.1) is 0 Å². The minimum atomic E-state index is -1.32. The zero-order valence-electron chi connectivity index (χ0n) is 35.4. The maximum atomic E-state index is 13.8. The Morgan fingerprint density at radius 2 is 0.917 bits per heavy atom. The minimum absolute atomic E-state index is 0.00767. The molecular weight excluding hydrogens is 790 g/mol. The van der Waals surface area contributed by atoms with Gasteiger partial charge in [-0.05, 0) is 69.1 Å². The number of rotatable bonds is 11. The minimum Gasteiger partial charge on any atom is -0.462 e. The zero-order chi connectivity index (χ0) is 42.4. The fraction of sp³-hybridized carbons (Fsp3) is 0.292. The largest absolute Gasteiger partial charge is 0.462 e. The normalized spacial score (nSPS) is 14.1. The monoisotopic (exact) mass is 842 g/mol. The Kier molecular flexibility index (Phi) is 11.1. The summed E-state index contributed by atoms with van der Waals surface area (Å²) in [6.07, 6.45) is 0.0356. The topological polar surface area (TPSA) is 119 Å². The van der Waals surface area contributed by atoms with Gasteiger partial charge in [0.25, 0.3) is 0 Å². The van der Waals surface area contributed by atoms with E-state index in [9.17, 15) is 9.59 Å². The molecule has 10 nitrogen and oxygen atoms in total. The van der Waals surface area contributed by atoms with Gasteiger partial charge in [0.15, 0.2) is 0 Å². The molecule has 0 atom stereocenters. The van der Waals surface area contributed by atoms with Gasteiger partial charge in [-0.2, -0.15) is 0 Å². The molecule has 0 saturated heterocycles. The molecule has 12 heteroatoms. The number of esters is 2. The van der Waals surface area contributed by atoms with Crippen molar-refractivity contribution in [1.29, 1.82) is 0 Å². The van der Waals surface area contributed by atoms with Gasteiger partial charge < -0.3 is 38.9 Å². The fourth-order valence-corrected chi connectivity index (χ4v) is 10.6. The maximum Gasteiger partial charge on any atom is 0.307 e. The average molecular weight is 843 g/mol.